The van der Waals surface area contributed by atoms with E-state index in [9.17, 15) is 0 Å². The minimum Gasteiger partial charge on any atom is -0.382 e. The molecule has 0 atom stereocenters. The molecule has 5 heteroatoms. The maximum Gasteiger partial charge on any atom is 0.151 e. The van der Waals surface area contributed by atoms with Crippen molar-refractivity contribution in [2.75, 3.05) is 18.9 Å². The number of ether oxygens (including phenoxy) is 1. The lowest BCUT2D eigenvalue weighted by molar-refractivity contribution is 0.198. The summed E-state index contributed by atoms with van der Waals surface area (Å²) in [6.07, 6.45) is 5.82. The number of rotatable bonds is 0. The summed E-state index contributed by atoms with van der Waals surface area (Å²) in [7, 11) is 0. The number of hydrogen-bond donors (Lipinski definition) is 1. The van der Waals surface area contributed by atoms with Crippen LogP contribution >= 0.6 is 0 Å². The molecule has 1 fully saturated rings. The largest absolute Gasteiger partial charge is 0.382 e. The van der Waals surface area contributed by atoms with Crippen LogP contribution in [0.3, 0.4) is 0 Å². The molecule has 0 aliphatic carbocycles. The highest BCUT2D eigenvalue weighted by molar-refractivity contribution is 5.63. The lowest BCUT2D eigenvalue weighted by Crippen LogP contribution is -1.96. The van der Waals surface area contributed by atoms with E-state index in [1.165, 1.54) is 19.2 Å². The maximum atomic E-state index is 5.53. The summed E-state index contributed by atoms with van der Waals surface area (Å²) in [6.45, 7) is 2.00. The maximum absolute atomic E-state index is 5.53. The molecule has 5 nitrogen and oxygen atoms in total. The van der Waals surface area contributed by atoms with E-state index in [1.54, 1.807) is 4.52 Å². The van der Waals surface area contributed by atoms with Crippen LogP contribution in [0.1, 0.15) is 12.8 Å². The van der Waals surface area contributed by atoms with Crippen molar-refractivity contribution in [1.82, 2.24) is 14.6 Å². The van der Waals surface area contributed by atoms with Crippen molar-refractivity contribution in [2.24, 2.45) is 0 Å². The van der Waals surface area contributed by atoms with E-state index in [4.69, 9.17) is 10.5 Å². The molecule has 15 heavy (non-hydrogen) atoms. The first-order valence-corrected chi connectivity index (χ1v) is 4.99. The molecule has 1 saturated heterocycles. The van der Waals surface area contributed by atoms with Crippen molar-refractivity contribution in [2.45, 2.75) is 12.8 Å². The monoisotopic (exact) mass is 206 g/mol. The van der Waals surface area contributed by atoms with Gasteiger partial charge in [-0.25, -0.2) is 9.50 Å². The zero-order valence-electron chi connectivity index (χ0n) is 8.47. The van der Waals surface area contributed by atoms with Gasteiger partial charge < -0.3 is 10.5 Å². The standard InChI is InChI=1S/C6H6N4.C4H8O/c7-6-5-2-1-3-10(5)9-4-8-6;1-2-4-5-3-1/h1-4H,(H2,7,8,9);1-4H2. The second-order valence-corrected chi connectivity index (χ2v) is 3.30. The van der Waals surface area contributed by atoms with Crippen LogP contribution < -0.4 is 5.73 Å². The fourth-order valence-corrected chi connectivity index (χ4v) is 1.40. The predicted octanol–water partition coefficient (Wildman–Crippen LogP) is 1.11. The first kappa shape index (κ1) is 9.92. The van der Waals surface area contributed by atoms with Gasteiger partial charge >= 0.3 is 0 Å². The topological polar surface area (TPSA) is 65.4 Å². The van der Waals surface area contributed by atoms with Crippen molar-refractivity contribution < 1.29 is 4.74 Å². The second kappa shape index (κ2) is 4.75. The van der Waals surface area contributed by atoms with Gasteiger partial charge in [-0.1, -0.05) is 0 Å². The van der Waals surface area contributed by atoms with Crippen LogP contribution in [0.2, 0.25) is 0 Å². The quantitative estimate of drug-likeness (QED) is 0.701. The molecule has 2 N–H and O–H groups in total. The molecule has 1 aliphatic rings. The third kappa shape index (κ3) is 2.44. The number of nitrogens with zero attached hydrogens (tertiary/aromatic N) is 3. The summed E-state index contributed by atoms with van der Waals surface area (Å²) in [5.74, 6) is 0.514. The van der Waals surface area contributed by atoms with Gasteiger partial charge in [-0.3, -0.25) is 0 Å². The van der Waals surface area contributed by atoms with E-state index in [-0.39, 0.29) is 0 Å². The fourth-order valence-electron chi connectivity index (χ4n) is 1.40. The Morgan fingerprint density at radius 2 is 2.13 bits per heavy atom. The molecule has 0 aromatic carbocycles. The Labute approximate surface area is 87.9 Å². The molecule has 2 aromatic rings. The molecule has 0 bridgehead atoms. The average molecular weight is 206 g/mol. The van der Waals surface area contributed by atoms with Gasteiger partial charge in [-0.15, -0.1) is 0 Å². The summed E-state index contributed by atoms with van der Waals surface area (Å²) >= 11 is 0. The van der Waals surface area contributed by atoms with Crippen LogP contribution in [-0.4, -0.2) is 27.8 Å². The highest BCUT2D eigenvalue weighted by atomic mass is 16.5. The molecule has 1 aliphatic heterocycles. The molecule has 0 saturated carbocycles. The first-order valence-electron chi connectivity index (χ1n) is 4.99. The Balaban J connectivity index is 0.000000144. The summed E-state index contributed by atoms with van der Waals surface area (Å²) in [5, 5.41) is 3.93. The summed E-state index contributed by atoms with van der Waals surface area (Å²) in [6, 6.07) is 3.75. The number of aromatic nitrogens is 3. The zero-order chi connectivity index (χ0) is 10.5. The van der Waals surface area contributed by atoms with Crippen molar-refractivity contribution in [1.29, 1.82) is 0 Å². The average Bonchev–Trinajstić information content (AvgIpc) is 2.93. The van der Waals surface area contributed by atoms with Gasteiger partial charge in [0.1, 0.15) is 11.8 Å². The van der Waals surface area contributed by atoms with E-state index in [0.717, 1.165) is 18.7 Å². The molecule has 0 amide bonds. The lowest BCUT2D eigenvalue weighted by Gasteiger charge is -1.93. The van der Waals surface area contributed by atoms with Crippen molar-refractivity contribution >= 4 is 11.3 Å². The smallest absolute Gasteiger partial charge is 0.151 e. The Morgan fingerprint density at radius 1 is 1.33 bits per heavy atom. The highest BCUT2D eigenvalue weighted by Gasteiger charge is 1.95. The molecular formula is C10H14N4O. The number of hydrogen-bond acceptors (Lipinski definition) is 4. The van der Waals surface area contributed by atoms with E-state index in [0.29, 0.717) is 5.82 Å². The number of fused-ring (bicyclic) bond motifs is 1. The van der Waals surface area contributed by atoms with Crippen molar-refractivity contribution in [3.05, 3.63) is 24.7 Å². The highest BCUT2D eigenvalue weighted by Crippen LogP contribution is 2.06. The van der Waals surface area contributed by atoms with Crippen LogP contribution in [0.5, 0.6) is 0 Å². The molecule has 80 valence electrons. The molecule has 0 spiro atoms. The number of nitrogens with two attached hydrogens (primary N) is 1. The predicted molar refractivity (Wildman–Crippen MR) is 57.5 cm³/mol. The Kier molecular flexibility index (Phi) is 3.14. The summed E-state index contributed by atoms with van der Waals surface area (Å²) < 4.78 is 6.63. The molecular weight excluding hydrogens is 192 g/mol. The van der Waals surface area contributed by atoms with Crippen LogP contribution in [0.25, 0.3) is 5.52 Å². The zero-order valence-corrected chi connectivity index (χ0v) is 8.47. The van der Waals surface area contributed by atoms with Crippen LogP contribution in [0.15, 0.2) is 24.7 Å². The molecule has 0 unspecified atom stereocenters. The molecule has 3 rings (SSSR count). The minimum atomic E-state index is 0.514. The Morgan fingerprint density at radius 3 is 2.73 bits per heavy atom. The third-order valence-corrected chi connectivity index (χ3v) is 2.19. The van der Waals surface area contributed by atoms with Gasteiger partial charge in [-0.2, -0.15) is 5.10 Å². The lowest BCUT2D eigenvalue weighted by atomic mass is 10.4. The van der Waals surface area contributed by atoms with Gasteiger partial charge in [0.15, 0.2) is 5.82 Å². The van der Waals surface area contributed by atoms with E-state index >= 15 is 0 Å². The fraction of sp³-hybridized carbons (Fsp3) is 0.400. The molecule has 2 aromatic heterocycles. The number of anilines is 1. The van der Waals surface area contributed by atoms with Crippen LogP contribution in [0, 0.1) is 0 Å². The first-order chi connectivity index (χ1) is 7.38. The van der Waals surface area contributed by atoms with Crippen molar-refractivity contribution in [3.8, 4) is 0 Å². The summed E-state index contributed by atoms with van der Waals surface area (Å²) in [5.41, 5.74) is 6.38. The second-order valence-electron chi connectivity index (χ2n) is 3.30. The molecule has 0 radical (unpaired) electrons. The van der Waals surface area contributed by atoms with Gasteiger partial charge in [0.25, 0.3) is 0 Å². The van der Waals surface area contributed by atoms with Crippen molar-refractivity contribution in [3.63, 3.8) is 0 Å². The van der Waals surface area contributed by atoms with Gasteiger partial charge in [0.2, 0.25) is 0 Å². The normalized spacial score (nSPS) is 14.9. The van der Waals surface area contributed by atoms with Gasteiger partial charge in [0, 0.05) is 19.4 Å². The summed E-state index contributed by atoms with van der Waals surface area (Å²) in [4.78, 5) is 3.83. The van der Waals surface area contributed by atoms with E-state index < -0.39 is 0 Å². The Bertz CT molecular complexity index is 414. The number of nitrogen functional groups attached to an aromatic ring is 1. The van der Waals surface area contributed by atoms with Crippen LogP contribution in [-0.2, 0) is 4.74 Å². The van der Waals surface area contributed by atoms with E-state index in [1.807, 2.05) is 18.3 Å². The van der Waals surface area contributed by atoms with Crippen LogP contribution in [0.4, 0.5) is 5.82 Å². The minimum absolute atomic E-state index is 0.514. The third-order valence-electron chi connectivity index (χ3n) is 2.19. The molecule has 3 heterocycles. The Hall–Kier alpha value is -1.62. The SMILES string of the molecule is C1CCOC1.Nc1ncnn2cccc12. The van der Waals surface area contributed by atoms with Gasteiger partial charge in [0.05, 0.1) is 0 Å². The van der Waals surface area contributed by atoms with Gasteiger partial charge in [-0.05, 0) is 25.0 Å². The van der Waals surface area contributed by atoms with E-state index in [2.05, 4.69) is 10.1 Å².